The van der Waals surface area contributed by atoms with Gasteiger partial charge in [0.2, 0.25) is 0 Å². The fourth-order valence-corrected chi connectivity index (χ4v) is 3.46. The number of nitrogens with one attached hydrogen (secondary N) is 1. The number of hydrogen-bond donors (Lipinski definition) is 1. The summed E-state index contributed by atoms with van der Waals surface area (Å²) < 4.78 is 0. The van der Waals surface area contributed by atoms with E-state index in [-0.39, 0.29) is 0 Å². The van der Waals surface area contributed by atoms with Gasteiger partial charge in [0.15, 0.2) is 0 Å². The molecule has 2 atom stereocenters. The highest BCUT2D eigenvalue weighted by atomic mass is 14.9. The van der Waals surface area contributed by atoms with E-state index >= 15 is 0 Å². The number of rotatable bonds is 4. The molecule has 0 aliphatic heterocycles. The zero-order valence-corrected chi connectivity index (χ0v) is 12.8. The SMILES string of the molecule is CC(C)(C)C1CCCCC1NCCc1ccccc1. The van der Waals surface area contributed by atoms with Gasteiger partial charge in [0, 0.05) is 6.04 Å². The molecule has 0 bridgehead atoms. The molecular weight excluding hydrogens is 230 g/mol. The summed E-state index contributed by atoms with van der Waals surface area (Å²) in [5.74, 6) is 0.831. The van der Waals surface area contributed by atoms with Crippen LogP contribution in [0.1, 0.15) is 52.0 Å². The van der Waals surface area contributed by atoms with Gasteiger partial charge in [-0.15, -0.1) is 0 Å². The number of benzene rings is 1. The third-order valence-corrected chi connectivity index (χ3v) is 4.54. The van der Waals surface area contributed by atoms with Crippen molar-refractivity contribution in [3.8, 4) is 0 Å². The fraction of sp³-hybridized carbons (Fsp3) is 0.667. The van der Waals surface area contributed by atoms with Gasteiger partial charge >= 0.3 is 0 Å². The van der Waals surface area contributed by atoms with Crippen LogP contribution in [0.4, 0.5) is 0 Å². The van der Waals surface area contributed by atoms with Crippen LogP contribution in [0.5, 0.6) is 0 Å². The minimum Gasteiger partial charge on any atom is -0.313 e. The predicted octanol–water partition coefficient (Wildman–Crippen LogP) is 4.42. The molecule has 1 aromatic rings. The van der Waals surface area contributed by atoms with Crippen molar-refractivity contribution >= 4 is 0 Å². The van der Waals surface area contributed by atoms with Crippen molar-refractivity contribution in [3.63, 3.8) is 0 Å². The van der Waals surface area contributed by atoms with Crippen molar-refractivity contribution in [3.05, 3.63) is 35.9 Å². The van der Waals surface area contributed by atoms with Crippen LogP contribution in [0.3, 0.4) is 0 Å². The Labute approximate surface area is 118 Å². The van der Waals surface area contributed by atoms with E-state index in [1.54, 1.807) is 0 Å². The first-order chi connectivity index (χ1) is 9.07. The standard InChI is InChI=1S/C18H29N/c1-18(2,3)16-11-7-8-12-17(16)19-14-13-15-9-5-4-6-10-15/h4-6,9-10,16-17,19H,7-8,11-14H2,1-3H3. The molecule has 0 saturated heterocycles. The van der Waals surface area contributed by atoms with E-state index in [2.05, 4.69) is 56.4 Å². The van der Waals surface area contributed by atoms with Crippen LogP contribution in [0.2, 0.25) is 0 Å². The second-order valence-corrected chi connectivity index (χ2v) is 7.05. The van der Waals surface area contributed by atoms with E-state index in [1.807, 2.05) is 0 Å². The Bertz CT molecular complexity index is 363. The molecular formula is C18H29N. The molecule has 1 nitrogen and oxygen atoms in total. The van der Waals surface area contributed by atoms with Gasteiger partial charge in [-0.3, -0.25) is 0 Å². The van der Waals surface area contributed by atoms with E-state index in [4.69, 9.17) is 0 Å². The van der Waals surface area contributed by atoms with Crippen LogP contribution < -0.4 is 5.32 Å². The highest BCUT2D eigenvalue weighted by Crippen LogP contribution is 2.37. The van der Waals surface area contributed by atoms with Gasteiger partial charge in [0.05, 0.1) is 0 Å². The maximum atomic E-state index is 3.83. The van der Waals surface area contributed by atoms with Crippen molar-refractivity contribution in [2.75, 3.05) is 6.54 Å². The van der Waals surface area contributed by atoms with Gasteiger partial charge in [0.1, 0.15) is 0 Å². The Balaban J connectivity index is 1.83. The summed E-state index contributed by atoms with van der Waals surface area (Å²) in [5.41, 5.74) is 1.88. The molecule has 19 heavy (non-hydrogen) atoms. The highest BCUT2D eigenvalue weighted by molar-refractivity contribution is 5.14. The first kappa shape index (κ1) is 14.6. The molecule has 1 N–H and O–H groups in total. The molecule has 1 fully saturated rings. The molecule has 0 aromatic heterocycles. The highest BCUT2D eigenvalue weighted by Gasteiger charge is 2.33. The molecule has 0 radical (unpaired) electrons. The van der Waals surface area contributed by atoms with Gasteiger partial charge in [0.25, 0.3) is 0 Å². The minimum atomic E-state index is 0.435. The zero-order chi connectivity index (χ0) is 13.7. The average Bonchev–Trinajstić information content (AvgIpc) is 2.39. The summed E-state index contributed by atoms with van der Waals surface area (Å²) in [4.78, 5) is 0. The van der Waals surface area contributed by atoms with Gasteiger partial charge in [-0.25, -0.2) is 0 Å². The summed E-state index contributed by atoms with van der Waals surface area (Å²) in [7, 11) is 0. The lowest BCUT2D eigenvalue weighted by Crippen LogP contribution is -2.44. The van der Waals surface area contributed by atoms with E-state index < -0.39 is 0 Å². The lowest BCUT2D eigenvalue weighted by atomic mass is 9.69. The lowest BCUT2D eigenvalue weighted by Gasteiger charge is -2.41. The second-order valence-electron chi connectivity index (χ2n) is 7.05. The van der Waals surface area contributed by atoms with E-state index in [0.717, 1.165) is 24.9 Å². The molecule has 1 aromatic carbocycles. The zero-order valence-electron chi connectivity index (χ0n) is 12.8. The summed E-state index contributed by atoms with van der Waals surface area (Å²) in [6.45, 7) is 8.31. The topological polar surface area (TPSA) is 12.0 Å². The van der Waals surface area contributed by atoms with Gasteiger partial charge in [-0.05, 0) is 42.7 Å². The van der Waals surface area contributed by atoms with Crippen molar-refractivity contribution in [1.29, 1.82) is 0 Å². The molecule has 1 heteroatoms. The molecule has 1 aliphatic rings. The first-order valence-electron chi connectivity index (χ1n) is 7.84. The van der Waals surface area contributed by atoms with Crippen molar-refractivity contribution in [2.24, 2.45) is 11.3 Å². The predicted molar refractivity (Wildman–Crippen MR) is 83.3 cm³/mol. The third-order valence-electron chi connectivity index (χ3n) is 4.54. The number of hydrogen-bond acceptors (Lipinski definition) is 1. The van der Waals surface area contributed by atoms with Crippen LogP contribution in [-0.4, -0.2) is 12.6 Å². The maximum absolute atomic E-state index is 3.83. The first-order valence-corrected chi connectivity index (χ1v) is 7.84. The molecule has 1 aliphatic carbocycles. The summed E-state index contributed by atoms with van der Waals surface area (Å²) >= 11 is 0. The smallest absolute Gasteiger partial charge is 0.0100 e. The molecule has 2 rings (SSSR count). The maximum Gasteiger partial charge on any atom is 0.0100 e. The van der Waals surface area contributed by atoms with E-state index in [1.165, 1.54) is 31.2 Å². The molecule has 2 unspecified atom stereocenters. The molecule has 0 heterocycles. The fourth-order valence-electron chi connectivity index (χ4n) is 3.46. The van der Waals surface area contributed by atoms with Crippen LogP contribution >= 0.6 is 0 Å². The Morgan fingerprint density at radius 3 is 2.42 bits per heavy atom. The largest absolute Gasteiger partial charge is 0.313 e. The normalized spacial score (nSPS) is 24.4. The lowest BCUT2D eigenvalue weighted by molar-refractivity contribution is 0.131. The quantitative estimate of drug-likeness (QED) is 0.844. The van der Waals surface area contributed by atoms with Crippen LogP contribution in [0.15, 0.2) is 30.3 Å². The van der Waals surface area contributed by atoms with Crippen molar-refractivity contribution < 1.29 is 0 Å². The van der Waals surface area contributed by atoms with Gasteiger partial charge in [-0.2, -0.15) is 0 Å². The minimum absolute atomic E-state index is 0.435. The van der Waals surface area contributed by atoms with Gasteiger partial charge in [-0.1, -0.05) is 63.9 Å². The molecule has 0 spiro atoms. The Morgan fingerprint density at radius 1 is 1.05 bits per heavy atom. The van der Waals surface area contributed by atoms with Gasteiger partial charge < -0.3 is 5.32 Å². The third kappa shape index (κ3) is 4.35. The molecule has 106 valence electrons. The molecule has 1 saturated carbocycles. The Morgan fingerprint density at radius 2 is 1.74 bits per heavy atom. The summed E-state index contributed by atoms with van der Waals surface area (Å²) in [6, 6.07) is 11.5. The van der Waals surface area contributed by atoms with Crippen molar-refractivity contribution in [2.45, 2.75) is 58.9 Å². The van der Waals surface area contributed by atoms with Crippen LogP contribution in [0.25, 0.3) is 0 Å². The van der Waals surface area contributed by atoms with E-state index in [0.29, 0.717) is 5.41 Å². The average molecular weight is 259 g/mol. The van der Waals surface area contributed by atoms with Crippen molar-refractivity contribution in [1.82, 2.24) is 5.32 Å². The monoisotopic (exact) mass is 259 g/mol. The summed E-state index contributed by atoms with van der Waals surface area (Å²) in [5, 5.41) is 3.83. The summed E-state index contributed by atoms with van der Waals surface area (Å²) in [6.07, 6.45) is 6.71. The van der Waals surface area contributed by atoms with Crippen LogP contribution in [-0.2, 0) is 6.42 Å². The molecule has 0 amide bonds. The van der Waals surface area contributed by atoms with E-state index in [9.17, 15) is 0 Å². The Kier molecular flexibility index (Phi) is 5.04. The second kappa shape index (κ2) is 6.56. The van der Waals surface area contributed by atoms with Crippen LogP contribution in [0, 0.1) is 11.3 Å². The Hall–Kier alpha value is -0.820.